The maximum Gasteiger partial charge on any atom is 0.0537 e. The Bertz CT molecular complexity index is 1080. The highest BCUT2D eigenvalue weighted by atomic mass is 15.0. The molecule has 0 radical (unpaired) electrons. The van der Waals surface area contributed by atoms with Crippen molar-refractivity contribution < 1.29 is 0 Å². The predicted molar refractivity (Wildman–Crippen MR) is 106 cm³/mol. The fourth-order valence-corrected chi connectivity index (χ4v) is 3.98. The summed E-state index contributed by atoms with van der Waals surface area (Å²) < 4.78 is 2.47. The molecule has 0 aliphatic heterocycles. The van der Waals surface area contributed by atoms with Crippen LogP contribution in [-0.2, 0) is 6.42 Å². The van der Waals surface area contributed by atoms with Crippen molar-refractivity contribution in [2.75, 3.05) is 0 Å². The molecule has 1 aliphatic rings. The van der Waals surface area contributed by atoms with Crippen LogP contribution >= 0.6 is 0 Å². The molecule has 0 fully saturated rings. The standard InChI is InChI=1S/C24H19N/c1-2-10-18(11-3-1)19-12-4-7-15-22(19)25-23-16-8-5-13-20(23)21-14-6-9-17-24(21)25/h1-8,10-16H,9,17H2. The van der Waals surface area contributed by atoms with Crippen LogP contribution in [-0.4, -0.2) is 4.57 Å². The van der Waals surface area contributed by atoms with Crippen LogP contribution < -0.4 is 0 Å². The third-order valence-corrected chi connectivity index (χ3v) is 5.08. The largest absolute Gasteiger partial charge is 0.312 e. The molecule has 0 saturated heterocycles. The van der Waals surface area contributed by atoms with Crippen molar-refractivity contribution in [3.8, 4) is 16.8 Å². The third kappa shape index (κ3) is 2.24. The lowest BCUT2D eigenvalue weighted by molar-refractivity contribution is 0.889. The zero-order valence-electron chi connectivity index (χ0n) is 14.0. The van der Waals surface area contributed by atoms with Gasteiger partial charge in [-0.1, -0.05) is 78.9 Å². The Morgan fingerprint density at radius 2 is 1.48 bits per heavy atom. The molecule has 0 N–H and O–H groups in total. The summed E-state index contributed by atoms with van der Waals surface area (Å²) in [4.78, 5) is 0. The van der Waals surface area contributed by atoms with E-state index < -0.39 is 0 Å². The maximum atomic E-state index is 2.47. The molecule has 25 heavy (non-hydrogen) atoms. The van der Waals surface area contributed by atoms with Crippen molar-refractivity contribution >= 4 is 17.0 Å². The molecule has 0 atom stereocenters. The fourth-order valence-electron chi connectivity index (χ4n) is 3.98. The van der Waals surface area contributed by atoms with Crippen molar-refractivity contribution in [3.63, 3.8) is 0 Å². The molecule has 5 rings (SSSR count). The first-order chi connectivity index (χ1) is 12.4. The smallest absolute Gasteiger partial charge is 0.0537 e. The van der Waals surface area contributed by atoms with Gasteiger partial charge in [-0.3, -0.25) is 0 Å². The van der Waals surface area contributed by atoms with Gasteiger partial charge in [0.25, 0.3) is 0 Å². The van der Waals surface area contributed by atoms with E-state index in [1.165, 1.54) is 39.0 Å². The van der Waals surface area contributed by atoms with Gasteiger partial charge in [0.1, 0.15) is 0 Å². The lowest BCUT2D eigenvalue weighted by Gasteiger charge is -2.17. The first-order valence-electron chi connectivity index (χ1n) is 8.87. The van der Waals surface area contributed by atoms with Crippen LogP contribution in [0.15, 0.2) is 84.9 Å². The van der Waals surface area contributed by atoms with Gasteiger partial charge in [0.2, 0.25) is 0 Å². The minimum Gasteiger partial charge on any atom is -0.312 e. The number of aromatic nitrogens is 1. The van der Waals surface area contributed by atoms with Gasteiger partial charge in [-0.15, -0.1) is 0 Å². The summed E-state index contributed by atoms with van der Waals surface area (Å²) in [6.07, 6.45) is 6.78. The number of benzene rings is 3. The predicted octanol–water partition coefficient (Wildman–Crippen LogP) is 6.26. The molecule has 0 saturated carbocycles. The monoisotopic (exact) mass is 321 g/mol. The van der Waals surface area contributed by atoms with Crippen LogP contribution in [0, 0.1) is 0 Å². The molecule has 1 aliphatic carbocycles. The van der Waals surface area contributed by atoms with E-state index in [0.717, 1.165) is 12.8 Å². The summed E-state index contributed by atoms with van der Waals surface area (Å²) in [5.74, 6) is 0. The quantitative estimate of drug-likeness (QED) is 0.411. The normalized spacial score (nSPS) is 13.1. The summed E-state index contributed by atoms with van der Waals surface area (Å²) >= 11 is 0. The van der Waals surface area contributed by atoms with Gasteiger partial charge in [-0.05, 0) is 30.5 Å². The lowest BCUT2D eigenvalue weighted by atomic mass is 10.0. The second-order valence-electron chi connectivity index (χ2n) is 6.54. The number of nitrogens with zero attached hydrogens (tertiary/aromatic N) is 1. The number of fused-ring (bicyclic) bond motifs is 3. The number of hydrogen-bond donors (Lipinski definition) is 0. The molecule has 0 amide bonds. The van der Waals surface area contributed by atoms with Crippen LogP contribution in [0.3, 0.4) is 0 Å². The Hall–Kier alpha value is -3.06. The zero-order valence-corrected chi connectivity index (χ0v) is 14.0. The van der Waals surface area contributed by atoms with E-state index >= 15 is 0 Å². The molecular formula is C24H19N. The molecule has 1 heteroatoms. The second kappa shape index (κ2) is 5.78. The highest BCUT2D eigenvalue weighted by Crippen LogP contribution is 2.36. The van der Waals surface area contributed by atoms with Gasteiger partial charge in [0.15, 0.2) is 0 Å². The molecule has 1 heterocycles. The molecule has 0 unspecified atom stereocenters. The van der Waals surface area contributed by atoms with Gasteiger partial charge >= 0.3 is 0 Å². The van der Waals surface area contributed by atoms with Gasteiger partial charge in [0, 0.05) is 22.2 Å². The number of para-hydroxylation sites is 2. The minimum atomic E-state index is 1.09. The highest BCUT2D eigenvalue weighted by molar-refractivity contribution is 5.94. The Morgan fingerprint density at radius 3 is 2.40 bits per heavy atom. The average Bonchev–Trinajstić information content (AvgIpc) is 3.03. The summed E-state index contributed by atoms with van der Waals surface area (Å²) in [7, 11) is 0. The van der Waals surface area contributed by atoms with E-state index in [1.54, 1.807) is 0 Å². The Balaban J connectivity index is 1.86. The highest BCUT2D eigenvalue weighted by Gasteiger charge is 2.19. The average molecular weight is 321 g/mol. The van der Waals surface area contributed by atoms with E-state index in [-0.39, 0.29) is 0 Å². The van der Waals surface area contributed by atoms with E-state index in [1.807, 2.05) is 0 Å². The van der Waals surface area contributed by atoms with Crippen molar-refractivity contribution in [3.05, 3.63) is 96.2 Å². The van der Waals surface area contributed by atoms with Crippen molar-refractivity contribution in [1.82, 2.24) is 4.57 Å². The lowest BCUT2D eigenvalue weighted by Crippen LogP contribution is -2.04. The van der Waals surface area contributed by atoms with E-state index in [2.05, 4.69) is 95.6 Å². The first kappa shape index (κ1) is 14.3. The van der Waals surface area contributed by atoms with Crippen LogP contribution in [0.25, 0.3) is 33.8 Å². The van der Waals surface area contributed by atoms with Crippen LogP contribution in [0.2, 0.25) is 0 Å². The molecule has 0 bridgehead atoms. The van der Waals surface area contributed by atoms with Crippen LogP contribution in [0.1, 0.15) is 17.7 Å². The van der Waals surface area contributed by atoms with Crippen molar-refractivity contribution in [1.29, 1.82) is 0 Å². The van der Waals surface area contributed by atoms with Crippen molar-refractivity contribution in [2.24, 2.45) is 0 Å². The number of rotatable bonds is 2. The first-order valence-corrected chi connectivity index (χ1v) is 8.87. The SMILES string of the molecule is C1=Cc2c(n(-c3ccccc3-c3ccccc3)c3ccccc23)CC1. The minimum absolute atomic E-state index is 1.09. The number of allylic oxidation sites excluding steroid dienone is 1. The molecule has 4 aromatic rings. The summed E-state index contributed by atoms with van der Waals surface area (Å²) in [6, 6.07) is 28.2. The van der Waals surface area contributed by atoms with E-state index in [9.17, 15) is 0 Å². The molecular weight excluding hydrogens is 302 g/mol. The molecule has 0 spiro atoms. The van der Waals surface area contributed by atoms with Crippen molar-refractivity contribution in [2.45, 2.75) is 12.8 Å². The second-order valence-corrected chi connectivity index (χ2v) is 6.54. The maximum absolute atomic E-state index is 2.47. The van der Waals surface area contributed by atoms with Gasteiger partial charge in [0.05, 0.1) is 11.2 Å². The molecule has 3 aromatic carbocycles. The van der Waals surface area contributed by atoms with E-state index in [4.69, 9.17) is 0 Å². The third-order valence-electron chi connectivity index (χ3n) is 5.08. The van der Waals surface area contributed by atoms with Crippen LogP contribution in [0.5, 0.6) is 0 Å². The van der Waals surface area contributed by atoms with Gasteiger partial charge in [-0.25, -0.2) is 0 Å². The molecule has 1 aromatic heterocycles. The Morgan fingerprint density at radius 1 is 0.720 bits per heavy atom. The zero-order chi connectivity index (χ0) is 16.6. The van der Waals surface area contributed by atoms with Gasteiger partial charge < -0.3 is 4.57 Å². The summed E-state index contributed by atoms with van der Waals surface area (Å²) in [5.41, 5.74) is 7.90. The Kier molecular flexibility index (Phi) is 3.31. The molecule has 1 nitrogen and oxygen atoms in total. The summed E-state index contributed by atoms with van der Waals surface area (Å²) in [6.45, 7) is 0. The summed E-state index contributed by atoms with van der Waals surface area (Å²) in [5, 5.41) is 1.34. The Labute approximate surface area is 147 Å². The molecule has 120 valence electrons. The van der Waals surface area contributed by atoms with E-state index in [0.29, 0.717) is 0 Å². The van der Waals surface area contributed by atoms with Gasteiger partial charge in [-0.2, -0.15) is 0 Å². The number of hydrogen-bond acceptors (Lipinski definition) is 0. The topological polar surface area (TPSA) is 4.93 Å². The van der Waals surface area contributed by atoms with Crippen LogP contribution in [0.4, 0.5) is 0 Å². The fraction of sp³-hybridized carbons (Fsp3) is 0.0833.